The number of H-pyrrole nitrogens is 2. The molecule has 3 aromatic heterocycles. The molecule has 1 aliphatic carbocycles. The molecule has 4 aromatic rings. The van der Waals surface area contributed by atoms with E-state index in [1.54, 1.807) is 12.5 Å². The third-order valence-electron chi connectivity index (χ3n) is 5.40. The first-order valence-corrected chi connectivity index (χ1v) is 9.55. The highest BCUT2D eigenvalue weighted by atomic mass is 16.1. The summed E-state index contributed by atoms with van der Waals surface area (Å²) in [5, 5.41) is 15.4. The van der Waals surface area contributed by atoms with E-state index in [0.29, 0.717) is 13.0 Å². The predicted octanol–water partition coefficient (Wildman–Crippen LogP) is 2.82. The van der Waals surface area contributed by atoms with Crippen LogP contribution >= 0.6 is 0 Å². The Morgan fingerprint density at radius 2 is 2.25 bits per heavy atom. The lowest BCUT2D eigenvalue weighted by molar-refractivity contribution is -0.125. The van der Waals surface area contributed by atoms with Gasteiger partial charge in [0.1, 0.15) is 17.8 Å². The molecule has 0 aliphatic heterocycles. The molecule has 0 fully saturated rings. The van der Waals surface area contributed by atoms with E-state index in [2.05, 4.69) is 35.8 Å². The number of amides is 1. The lowest BCUT2D eigenvalue weighted by Crippen LogP contribution is -2.33. The monoisotopic (exact) mass is 375 g/mol. The molecule has 0 spiro atoms. The Hall–Kier alpha value is -3.42. The van der Waals surface area contributed by atoms with E-state index in [0.717, 1.165) is 57.5 Å². The molecule has 8 nitrogen and oxygen atoms in total. The van der Waals surface area contributed by atoms with Crippen molar-refractivity contribution >= 4 is 39.3 Å². The zero-order chi connectivity index (χ0) is 19.1. The number of hydrogen-bond acceptors (Lipinski definition) is 5. The third kappa shape index (κ3) is 2.77. The van der Waals surface area contributed by atoms with Gasteiger partial charge in [-0.05, 0) is 49.9 Å². The van der Waals surface area contributed by atoms with E-state index in [1.165, 1.54) is 0 Å². The van der Waals surface area contributed by atoms with Gasteiger partial charge >= 0.3 is 0 Å². The number of nitrogens with one attached hydrogen (secondary N) is 4. The fourth-order valence-corrected chi connectivity index (χ4v) is 4.04. The van der Waals surface area contributed by atoms with Crippen LogP contribution in [-0.4, -0.2) is 37.6 Å². The molecule has 0 unspecified atom stereocenters. The van der Waals surface area contributed by atoms with Crippen LogP contribution in [0.4, 0.5) is 11.5 Å². The molecular formula is C20H21N7O. The van der Waals surface area contributed by atoms with Gasteiger partial charge in [-0.15, -0.1) is 0 Å². The quantitative estimate of drug-likeness (QED) is 0.438. The van der Waals surface area contributed by atoms with Crippen LogP contribution in [0.2, 0.25) is 0 Å². The highest BCUT2D eigenvalue weighted by molar-refractivity contribution is 5.95. The van der Waals surface area contributed by atoms with Crippen molar-refractivity contribution in [3.05, 3.63) is 42.0 Å². The highest BCUT2D eigenvalue weighted by Crippen LogP contribution is 2.35. The Labute approximate surface area is 161 Å². The fraction of sp³-hybridized carbons (Fsp3) is 0.300. The molecule has 3 heterocycles. The Morgan fingerprint density at radius 3 is 3.14 bits per heavy atom. The standard InChI is InChI=1S/C20H21N7O/c1-2-21-20(28)11-3-5-16-14(8-11)17-18(22-10-23-19(17)26-16)25-13-4-6-15-12(7-13)9-24-27-15/h4,6-7,9-11H,2-3,5,8H2,1H3,(H,21,28)(H,24,27)(H2,22,23,25,26)/t11-/m0/s1. The second kappa shape index (κ2) is 6.63. The minimum absolute atomic E-state index is 0.0122. The summed E-state index contributed by atoms with van der Waals surface area (Å²) in [5.41, 5.74) is 5.03. The maximum Gasteiger partial charge on any atom is 0.223 e. The molecule has 8 heteroatoms. The summed E-state index contributed by atoms with van der Waals surface area (Å²) >= 11 is 0. The summed E-state index contributed by atoms with van der Waals surface area (Å²) < 4.78 is 0. The van der Waals surface area contributed by atoms with E-state index in [4.69, 9.17) is 0 Å². The zero-order valence-corrected chi connectivity index (χ0v) is 15.5. The van der Waals surface area contributed by atoms with Crippen LogP contribution < -0.4 is 10.6 Å². The van der Waals surface area contributed by atoms with Gasteiger partial charge in [-0.2, -0.15) is 5.10 Å². The molecule has 1 amide bonds. The van der Waals surface area contributed by atoms with Crippen LogP contribution in [0.15, 0.2) is 30.7 Å². The number of aryl methyl sites for hydroxylation is 1. The maximum atomic E-state index is 12.4. The molecule has 0 bridgehead atoms. The van der Waals surface area contributed by atoms with E-state index in [1.807, 2.05) is 25.1 Å². The normalized spacial score (nSPS) is 16.2. The van der Waals surface area contributed by atoms with Crippen molar-refractivity contribution in [1.82, 2.24) is 30.5 Å². The van der Waals surface area contributed by atoms with Crippen molar-refractivity contribution in [3.63, 3.8) is 0 Å². The van der Waals surface area contributed by atoms with Crippen LogP contribution in [0, 0.1) is 5.92 Å². The third-order valence-corrected chi connectivity index (χ3v) is 5.40. The fourth-order valence-electron chi connectivity index (χ4n) is 4.04. The molecule has 28 heavy (non-hydrogen) atoms. The first-order valence-electron chi connectivity index (χ1n) is 9.55. The number of hydrogen-bond donors (Lipinski definition) is 4. The number of aromatic nitrogens is 5. The van der Waals surface area contributed by atoms with Gasteiger partial charge in [0.25, 0.3) is 0 Å². The van der Waals surface area contributed by atoms with Gasteiger partial charge in [-0.3, -0.25) is 9.89 Å². The van der Waals surface area contributed by atoms with Crippen LogP contribution in [0.25, 0.3) is 21.9 Å². The van der Waals surface area contributed by atoms with Crippen LogP contribution in [-0.2, 0) is 17.6 Å². The van der Waals surface area contributed by atoms with Gasteiger partial charge in [0, 0.05) is 29.2 Å². The highest BCUT2D eigenvalue weighted by Gasteiger charge is 2.28. The van der Waals surface area contributed by atoms with Crippen molar-refractivity contribution in [3.8, 4) is 0 Å². The summed E-state index contributed by atoms with van der Waals surface area (Å²) in [6, 6.07) is 6.01. The summed E-state index contributed by atoms with van der Waals surface area (Å²) in [6.07, 6.45) is 5.74. The Kier molecular flexibility index (Phi) is 3.96. The first-order chi connectivity index (χ1) is 13.7. The van der Waals surface area contributed by atoms with Crippen LogP contribution in [0.5, 0.6) is 0 Å². The molecule has 4 N–H and O–H groups in total. The molecule has 1 atom stereocenters. The van der Waals surface area contributed by atoms with Gasteiger partial charge in [-0.1, -0.05) is 0 Å². The van der Waals surface area contributed by atoms with Crippen LogP contribution in [0.1, 0.15) is 24.6 Å². The minimum Gasteiger partial charge on any atom is -0.356 e. The van der Waals surface area contributed by atoms with Gasteiger partial charge in [-0.25, -0.2) is 9.97 Å². The van der Waals surface area contributed by atoms with Crippen molar-refractivity contribution in [2.75, 3.05) is 11.9 Å². The largest absolute Gasteiger partial charge is 0.356 e. The average Bonchev–Trinajstić information content (AvgIpc) is 3.31. The molecule has 1 aliphatic rings. The van der Waals surface area contributed by atoms with E-state index in [9.17, 15) is 4.79 Å². The maximum absolute atomic E-state index is 12.4. The Bertz CT molecular complexity index is 1180. The average molecular weight is 375 g/mol. The zero-order valence-electron chi connectivity index (χ0n) is 15.5. The van der Waals surface area contributed by atoms with E-state index < -0.39 is 0 Å². The lowest BCUT2D eigenvalue weighted by atomic mass is 9.86. The van der Waals surface area contributed by atoms with Crippen molar-refractivity contribution in [2.45, 2.75) is 26.2 Å². The number of anilines is 2. The molecule has 0 saturated heterocycles. The number of aromatic amines is 2. The second-order valence-corrected chi connectivity index (χ2v) is 7.16. The second-order valence-electron chi connectivity index (χ2n) is 7.16. The van der Waals surface area contributed by atoms with Gasteiger partial charge in [0.2, 0.25) is 5.91 Å². The SMILES string of the molecule is CCNC(=O)[C@H]1CCc2[nH]c3ncnc(Nc4ccc5[nH]ncc5c4)c3c2C1. The summed E-state index contributed by atoms with van der Waals surface area (Å²) in [7, 11) is 0. The predicted molar refractivity (Wildman–Crippen MR) is 107 cm³/mol. The number of rotatable bonds is 4. The number of carbonyl (C=O) groups is 1. The van der Waals surface area contributed by atoms with Gasteiger partial charge < -0.3 is 15.6 Å². The van der Waals surface area contributed by atoms with E-state index >= 15 is 0 Å². The molecule has 5 rings (SSSR count). The molecule has 1 aromatic carbocycles. The Balaban J connectivity index is 1.53. The lowest BCUT2D eigenvalue weighted by Gasteiger charge is -2.21. The minimum atomic E-state index is -0.0122. The topological polar surface area (TPSA) is 111 Å². The smallest absolute Gasteiger partial charge is 0.223 e. The summed E-state index contributed by atoms with van der Waals surface area (Å²) in [5.74, 6) is 0.864. The molecule has 142 valence electrons. The number of benzene rings is 1. The molecular weight excluding hydrogens is 354 g/mol. The van der Waals surface area contributed by atoms with Gasteiger partial charge in [0.05, 0.1) is 17.1 Å². The summed E-state index contributed by atoms with van der Waals surface area (Å²) in [6.45, 7) is 2.60. The van der Waals surface area contributed by atoms with Crippen molar-refractivity contribution < 1.29 is 4.79 Å². The number of fused-ring (bicyclic) bond motifs is 4. The first kappa shape index (κ1) is 16.7. The van der Waals surface area contributed by atoms with Gasteiger partial charge in [0.15, 0.2) is 0 Å². The number of nitrogens with zero attached hydrogens (tertiary/aromatic N) is 3. The number of carbonyl (C=O) groups excluding carboxylic acids is 1. The molecule has 0 saturated carbocycles. The van der Waals surface area contributed by atoms with E-state index in [-0.39, 0.29) is 11.8 Å². The van der Waals surface area contributed by atoms with Crippen LogP contribution in [0.3, 0.4) is 0 Å². The molecule has 0 radical (unpaired) electrons. The Morgan fingerprint density at radius 1 is 1.32 bits per heavy atom. The van der Waals surface area contributed by atoms with Crippen molar-refractivity contribution in [2.24, 2.45) is 5.92 Å². The summed E-state index contributed by atoms with van der Waals surface area (Å²) in [4.78, 5) is 24.7. The van der Waals surface area contributed by atoms with Crippen molar-refractivity contribution in [1.29, 1.82) is 0 Å².